The number of rotatable bonds is 6. The lowest BCUT2D eigenvalue weighted by molar-refractivity contribution is -0.148. The Balaban J connectivity index is 2.00. The quantitative estimate of drug-likeness (QED) is 0.778. The van der Waals surface area contributed by atoms with Crippen molar-refractivity contribution < 1.29 is 18.7 Å². The van der Waals surface area contributed by atoms with Crippen molar-refractivity contribution in [1.29, 1.82) is 0 Å². The first-order chi connectivity index (χ1) is 11.4. The van der Waals surface area contributed by atoms with Crippen LogP contribution in [0.4, 0.5) is 0 Å². The van der Waals surface area contributed by atoms with Gasteiger partial charge in [0.25, 0.3) is 5.91 Å². The summed E-state index contributed by atoms with van der Waals surface area (Å²) in [5.74, 6) is -1.04. The Labute approximate surface area is 149 Å². The number of furan rings is 1. The maximum absolute atomic E-state index is 12.3. The van der Waals surface area contributed by atoms with Gasteiger partial charge in [0, 0.05) is 15.6 Å². The van der Waals surface area contributed by atoms with Crippen LogP contribution in [0.3, 0.4) is 0 Å². The van der Waals surface area contributed by atoms with Gasteiger partial charge in [-0.05, 0) is 30.2 Å². The van der Waals surface area contributed by atoms with Gasteiger partial charge in [0.05, 0.1) is 6.26 Å². The average molecular weight is 370 g/mol. The van der Waals surface area contributed by atoms with Crippen molar-refractivity contribution in [2.24, 2.45) is 5.92 Å². The first-order valence-electron chi connectivity index (χ1n) is 7.33. The zero-order chi connectivity index (χ0) is 17.7. The van der Waals surface area contributed by atoms with Crippen molar-refractivity contribution in [2.75, 3.05) is 0 Å². The minimum Gasteiger partial charge on any atom is -0.459 e. The normalized spacial score (nSPS) is 12.0. The molecule has 0 bridgehead atoms. The van der Waals surface area contributed by atoms with Gasteiger partial charge in [-0.2, -0.15) is 0 Å². The predicted molar refractivity (Wildman–Crippen MR) is 91.1 cm³/mol. The van der Waals surface area contributed by atoms with E-state index in [1.165, 1.54) is 12.3 Å². The van der Waals surface area contributed by atoms with E-state index in [1.807, 2.05) is 13.8 Å². The molecule has 5 nitrogen and oxygen atoms in total. The summed E-state index contributed by atoms with van der Waals surface area (Å²) in [6, 6.07) is 7.24. The molecule has 7 heteroatoms. The van der Waals surface area contributed by atoms with Crippen molar-refractivity contribution in [1.82, 2.24) is 5.32 Å². The zero-order valence-electron chi connectivity index (χ0n) is 13.2. The number of ether oxygens (including phenoxy) is 1. The van der Waals surface area contributed by atoms with Gasteiger partial charge in [0.1, 0.15) is 12.6 Å². The predicted octanol–water partition coefficient (Wildman–Crippen LogP) is 4.08. The third-order valence-corrected chi connectivity index (χ3v) is 3.92. The van der Waals surface area contributed by atoms with Crippen LogP contribution in [0.1, 0.15) is 30.0 Å². The lowest BCUT2D eigenvalue weighted by atomic mass is 10.0. The third-order valence-electron chi connectivity index (χ3n) is 3.34. The molecule has 1 atom stereocenters. The molecule has 1 heterocycles. The van der Waals surface area contributed by atoms with E-state index >= 15 is 0 Å². The lowest BCUT2D eigenvalue weighted by Crippen LogP contribution is -2.45. The number of amides is 1. The summed E-state index contributed by atoms with van der Waals surface area (Å²) in [5.41, 5.74) is 0.634. The molecule has 0 aliphatic heterocycles. The Morgan fingerprint density at radius 3 is 2.58 bits per heavy atom. The number of hydrogen-bond donors (Lipinski definition) is 1. The average Bonchev–Trinajstić information content (AvgIpc) is 3.05. The Hall–Kier alpha value is -1.98. The summed E-state index contributed by atoms with van der Waals surface area (Å²) in [5, 5.41) is 3.53. The van der Waals surface area contributed by atoms with Gasteiger partial charge in [-0.15, -0.1) is 0 Å². The SMILES string of the molecule is CC(C)[C@H](NC(=O)c1ccco1)C(=O)OCc1ccc(Cl)cc1Cl. The first-order valence-corrected chi connectivity index (χ1v) is 8.09. The van der Waals surface area contributed by atoms with Crippen molar-refractivity contribution in [3.8, 4) is 0 Å². The second kappa shape index (κ2) is 8.22. The highest BCUT2D eigenvalue weighted by Crippen LogP contribution is 2.22. The minimum absolute atomic E-state index is 0.00528. The molecule has 0 aliphatic carbocycles. The van der Waals surface area contributed by atoms with Crippen LogP contribution < -0.4 is 5.32 Å². The molecule has 0 radical (unpaired) electrons. The Morgan fingerprint density at radius 2 is 2.00 bits per heavy atom. The maximum atomic E-state index is 12.3. The van der Waals surface area contributed by atoms with Crippen LogP contribution >= 0.6 is 23.2 Å². The van der Waals surface area contributed by atoms with Crippen molar-refractivity contribution in [3.05, 3.63) is 58.0 Å². The van der Waals surface area contributed by atoms with E-state index in [-0.39, 0.29) is 18.3 Å². The van der Waals surface area contributed by atoms with E-state index in [1.54, 1.807) is 24.3 Å². The molecule has 2 aromatic rings. The molecule has 1 N–H and O–H groups in total. The summed E-state index contributed by atoms with van der Waals surface area (Å²) in [4.78, 5) is 24.3. The zero-order valence-corrected chi connectivity index (χ0v) is 14.7. The monoisotopic (exact) mass is 369 g/mol. The van der Waals surface area contributed by atoms with Gasteiger partial charge in [0.2, 0.25) is 0 Å². The molecule has 1 amide bonds. The van der Waals surface area contributed by atoms with Crippen LogP contribution in [-0.2, 0) is 16.1 Å². The summed E-state index contributed by atoms with van der Waals surface area (Å²) in [7, 11) is 0. The molecular formula is C17H17Cl2NO4. The fraction of sp³-hybridized carbons (Fsp3) is 0.294. The molecule has 2 rings (SSSR count). The van der Waals surface area contributed by atoms with Gasteiger partial charge < -0.3 is 14.5 Å². The number of esters is 1. The van der Waals surface area contributed by atoms with E-state index in [4.69, 9.17) is 32.4 Å². The third kappa shape index (κ3) is 4.76. The van der Waals surface area contributed by atoms with E-state index in [9.17, 15) is 9.59 Å². The number of carbonyl (C=O) groups excluding carboxylic acids is 2. The number of halogens is 2. The number of benzene rings is 1. The van der Waals surface area contributed by atoms with Crippen molar-refractivity contribution >= 4 is 35.1 Å². The summed E-state index contributed by atoms with van der Waals surface area (Å²) in [6.07, 6.45) is 1.39. The Morgan fingerprint density at radius 1 is 1.25 bits per heavy atom. The molecule has 0 saturated heterocycles. The highest BCUT2D eigenvalue weighted by molar-refractivity contribution is 6.35. The van der Waals surface area contributed by atoms with Gasteiger partial charge in [0.15, 0.2) is 5.76 Å². The standard InChI is InChI=1S/C17H17Cl2NO4/c1-10(2)15(20-16(21)14-4-3-7-23-14)17(22)24-9-11-5-6-12(18)8-13(11)19/h3-8,10,15H,9H2,1-2H3,(H,20,21)/t15-/m0/s1. The smallest absolute Gasteiger partial charge is 0.329 e. The molecule has 0 spiro atoms. The first kappa shape index (κ1) is 18.4. The summed E-state index contributed by atoms with van der Waals surface area (Å²) >= 11 is 11.9. The number of carbonyl (C=O) groups is 2. The van der Waals surface area contributed by atoms with Gasteiger partial charge >= 0.3 is 5.97 Å². The fourth-order valence-electron chi connectivity index (χ4n) is 2.00. The Kier molecular flexibility index (Phi) is 6.29. The highest BCUT2D eigenvalue weighted by atomic mass is 35.5. The largest absolute Gasteiger partial charge is 0.459 e. The van der Waals surface area contributed by atoms with Gasteiger partial charge in [-0.1, -0.05) is 43.1 Å². The highest BCUT2D eigenvalue weighted by Gasteiger charge is 2.27. The molecule has 24 heavy (non-hydrogen) atoms. The topological polar surface area (TPSA) is 68.5 Å². The van der Waals surface area contributed by atoms with Crippen molar-refractivity contribution in [2.45, 2.75) is 26.5 Å². The van der Waals surface area contributed by atoms with Crippen LogP contribution in [0, 0.1) is 5.92 Å². The van der Waals surface area contributed by atoms with E-state index in [0.717, 1.165) is 0 Å². The van der Waals surface area contributed by atoms with Crippen molar-refractivity contribution in [3.63, 3.8) is 0 Å². The molecule has 1 aromatic heterocycles. The minimum atomic E-state index is -0.798. The van der Waals surface area contributed by atoms with Gasteiger partial charge in [-0.3, -0.25) is 4.79 Å². The summed E-state index contributed by atoms with van der Waals surface area (Å²) < 4.78 is 10.3. The Bertz CT molecular complexity index is 713. The molecule has 1 aromatic carbocycles. The van der Waals surface area contributed by atoms with Crippen LogP contribution in [-0.4, -0.2) is 17.9 Å². The summed E-state index contributed by atoms with van der Waals surface area (Å²) in [6.45, 7) is 3.61. The molecule has 0 saturated carbocycles. The molecule has 0 unspecified atom stereocenters. The van der Waals surface area contributed by atoms with Crippen LogP contribution in [0.25, 0.3) is 0 Å². The van der Waals surface area contributed by atoms with Crippen LogP contribution in [0.5, 0.6) is 0 Å². The van der Waals surface area contributed by atoms with Crippen LogP contribution in [0.2, 0.25) is 10.0 Å². The fourth-order valence-corrected chi connectivity index (χ4v) is 2.46. The molecule has 128 valence electrons. The molecular weight excluding hydrogens is 353 g/mol. The molecule has 0 aliphatic rings. The maximum Gasteiger partial charge on any atom is 0.329 e. The number of nitrogens with one attached hydrogen (secondary N) is 1. The number of hydrogen-bond acceptors (Lipinski definition) is 4. The van der Waals surface area contributed by atoms with E-state index in [2.05, 4.69) is 5.32 Å². The van der Waals surface area contributed by atoms with Crippen LogP contribution in [0.15, 0.2) is 41.0 Å². The lowest BCUT2D eigenvalue weighted by Gasteiger charge is -2.20. The molecule has 0 fully saturated rings. The van der Waals surface area contributed by atoms with E-state index in [0.29, 0.717) is 15.6 Å². The van der Waals surface area contributed by atoms with Gasteiger partial charge in [-0.25, -0.2) is 4.79 Å². The second-order valence-corrected chi connectivity index (χ2v) is 6.36. The van der Waals surface area contributed by atoms with E-state index < -0.39 is 17.9 Å². The second-order valence-electron chi connectivity index (χ2n) is 5.52.